The van der Waals surface area contributed by atoms with E-state index in [4.69, 9.17) is 10.5 Å². The third-order valence-electron chi connectivity index (χ3n) is 3.40. The van der Waals surface area contributed by atoms with Gasteiger partial charge >= 0.3 is 0 Å². The monoisotopic (exact) mass is 269 g/mol. The van der Waals surface area contributed by atoms with Crippen LogP contribution < -0.4 is 10.5 Å². The van der Waals surface area contributed by atoms with Crippen molar-refractivity contribution in [2.45, 2.75) is 33.1 Å². The topological polar surface area (TPSA) is 35.2 Å². The van der Waals surface area contributed by atoms with Gasteiger partial charge in [-0.3, -0.25) is 0 Å². The molecule has 0 aliphatic heterocycles. The minimum atomic E-state index is 0.538. The molecule has 0 aromatic heterocycles. The van der Waals surface area contributed by atoms with E-state index in [1.807, 2.05) is 18.2 Å². The second-order valence-electron chi connectivity index (χ2n) is 5.48. The number of ether oxygens (including phenoxy) is 1. The molecule has 2 heteroatoms. The molecule has 20 heavy (non-hydrogen) atoms. The lowest BCUT2D eigenvalue weighted by Crippen LogP contribution is -2.04. The van der Waals surface area contributed by atoms with Crippen molar-refractivity contribution in [1.29, 1.82) is 0 Å². The maximum absolute atomic E-state index is 6.00. The van der Waals surface area contributed by atoms with Gasteiger partial charge in [0, 0.05) is 0 Å². The van der Waals surface area contributed by atoms with Crippen LogP contribution in [-0.2, 0) is 6.42 Å². The molecule has 0 saturated carbocycles. The Hall–Kier alpha value is -1.80. The van der Waals surface area contributed by atoms with Gasteiger partial charge in [0.25, 0.3) is 0 Å². The summed E-state index contributed by atoms with van der Waals surface area (Å²) in [6, 6.07) is 14.5. The van der Waals surface area contributed by atoms with Crippen molar-refractivity contribution in [3.63, 3.8) is 0 Å². The molecule has 0 amide bonds. The van der Waals surface area contributed by atoms with Crippen LogP contribution in [0.15, 0.2) is 42.5 Å². The van der Waals surface area contributed by atoms with Gasteiger partial charge in [0.15, 0.2) is 0 Å². The van der Waals surface area contributed by atoms with Crippen LogP contribution >= 0.6 is 0 Å². The molecular formula is C18H23NO. The fraction of sp³-hybridized carbons (Fsp3) is 0.333. The number of hydrogen-bond acceptors (Lipinski definition) is 2. The van der Waals surface area contributed by atoms with E-state index in [9.17, 15) is 0 Å². The average Bonchev–Trinajstić information content (AvgIpc) is 2.43. The number of aryl methyl sites for hydroxylation is 1. The van der Waals surface area contributed by atoms with Crippen molar-refractivity contribution in [2.75, 3.05) is 6.54 Å². The molecule has 0 atom stereocenters. The maximum Gasteiger partial charge on any atom is 0.130 e. The summed E-state index contributed by atoms with van der Waals surface area (Å²) in [6.45, 7) is 7.09. The predicted octanol–water partition coefficient (Wildman–Crippen LogP) is 4.41. The smallest absolute Gasteiger partial charge is 0.130 e. The van der Waals surface area contributed by atoms with E-state index in [1.165, 1.54) is 16.7 Å². The first-order valence-corrected chi connectivity index (χ1v) is 7.17. The molecule has 0 saturated heterocycles. The van der Waals surface area contributed by atoms with Crippen LogP contribution in [0, 0.1) is 6.92 Å². The molecule has 2 nitrogen and oxygen atoms in total. The van der Waals surface area contributed by atoms with Gasteiger partial charge in [-0.05, 0) is 55.1 Å². The molecule has 0 aliphatic carbocycles. The largest absolute Gasteiger partial charge is 0.457 e. The summed E-state index contributed by atoms with van der Waals surface area (Å²) in [5.41, 5.74) is 9.39. The molecule has 0 radical (unpaired) electrons. The summed E-state index contributed by atoms with van der Waals surface area (Å²) in [7, 11) is 0. The zero-order valence-electron chi connectivity index (χ0n) is 12.5. The van der Waals surface area contributed by atoms with Crippen molar-refractivity contribution >= 4 is 0 Å². The van der Waals surface area contributed by atoms with Crippen molar-refractivity contribution in [2.24, 2.45) is 5.73 Å². The summed E-state index contributed by atoms with van der Waals surface area (Å²) in [4.78, 5) is 0. The molecule has 0 unspecified atom stereocenters. The van der Waals surface area contributed by atoms with E-state index in [0.29, 0.717) is 12.5 Å². The van der Waals surface area contributed by atoms with Gasteiger partial charge in [0.05, 0.1) is 0 Å². The first-order chi connectivity index (χ1) is 9.60. The highest BCUT2D eigenvalue weighted by molar-refractivity contribution is 5.41. The molecule has 2 aromatic carbocycles. The number of benzene rings is 2. The fourth-order valence-electron chi connectivity index (χ4n) is 2.21. The van der Waals surface area contributed by atoms with Gasteiger partial charge in [0.1, 0.15) is 11.5 Å². The number of hydrogen-bond donors (Lipinski definition) is 1. The fourth-order valence-corrected chi connectivity index (χ4v) is 2.21. The van der Waals surface area contributed by atoms with Crippen LogP contribution in [0.2, 0.25) is 0 Å². The summed E-state index contributed by atoms with van der Waals surface area (Å²) in [5.74, 6) is 2.31. The van der Waals surface area contributed by atoms with Gasteiger partial charge in [-0.2, -0.15) is 0 Å². The van der Waals surface area contributed by atoms with E-state index < -0.39 is 0 Å². The molecule has 0 spiro atoms. The minimum absolute atomic E-state index is 0.538. The second-order valence-corrected chi connectivity index (χ2v) is 5.48. The average molecular weight is 269 g/mol. The van der Waals surface area contributed by atoms with Crippen molar-refractivity contribution in [1.82, 2.24) is 0 Å². The third kappa shape index (κ3) is 3.61. The summed E-state index contributed by atoms with van der Waals surface area (Å²) >= 11 is 0. The third-order valence-corrected chi connectivity index (χ3v) is 3.40. The molecule has 0 fully saturated rings. The van der Waals surface area contributed by atoms with Crippen LogP contribution in [0.1, 0.15) is 36.5 Å². The molecule has 0 heterocycles. The molecule has 0 bridgehead atoms. The molecule has 106 valence electrons. The van der Waals surface area contributed by atoms with Crippen LogP contribution in [0.3, 0.4) is 0 Å². The molecule has 0 aliphatic rings. The van der Waals surface area contributed by atoms with Gasteiger partial charge < -0.3 is 10.5 Å². The lowest BCUT2D eigenvalue weighted by molar-refractivity contribution is 0.475. The lowest BCUT2D eigenvalue weighted by Gasteiger charge is -2.12. The Morgan fingerprint density at radius 1 is 1.05 bits per heavy atom. The van der Waals surface area contributed by atoms with E-state index in [2.05, 4.69) is 45.0 Å². The lowest BCUT2D eigenvalue weighted by atomic mass is 10.0. The van der Waals surface area contributed by atoms with Crippen molar-refractivity contribution in [3.05, 3.63) is 59.2 Å². The van der Waals surface area contributed by atoms with Crippen LogP contribution in [0.4, 0.5) is 0 Å². The molecule has 2 aromatic rings. The van der Waals surface area contributed by atoms with Crippen LogP contribution in [-0.4, -0.2) is 6.54 Å². The highest BCUT2D eigenvalue weighted by Gasteiger charge is 2.06. The second kappa shape index (κ2) is 6.58. The molecule has 2 N–H and O–H groups in total. The quantitative estimate of drug-likeness (QED) is 0.872. The Morgan fingerprint density at radius 2 is 1.75 bits per heavy atom. The number of rotatable bonds is 5. The Bertz CT molecular complexity index is 558. The summed E-state index contributed by atoms with van der Waals surface area (Å²) in [5, 5.41) is 0. The Morgan fingerprint density at radius 3 is 2.35 bits per heavy atom. The van der Waals surface area contributed by atoms with Crippen molar-refractivity contribution in [3.8, 4) is 11.5 Å². The SMILES string of the molecule is Cc1ccc(Oc2ccc(C(C)C)cc2)c(CCN)c1. The Kier molecular flexibility index (Phi) is 4.80. The summed E-state index contributed by atoms with van der Waals surface area (Å²) < 4.78 is 6.00. The van der Waals surface area contributed by atoms with E-state index >= 15 is 0 Å². The Balaban J connectivity index is 2.20. The standard InChI is InChI=1S/C18H23NO/c1-13(2)15-5-7-17(8-6-15)20-18-9-4-14(3)12-16(18)10-11-19/h4-9,12-13H,10-11,19H2,1-3H3. The van der Waals surface area contributed by atoms with Crippen LogP contribution in [0.25, 0.3) is 0 Å². The zero-order chi connectivity index (χ0) is 14.5. The van der Waals surface area contributed by atoms with Crippen LogP contribution in [0.5, 0.6) is 11.5 Å². The molecular weight excluding hydrogens is 246 g/mol. The number of nitrogens with two attached hydrogens (primary N) is 1. The molecule has 2 rings (SSSR count). The van der Waals surface area contributed by atoms with Gasteiger partial charge in [-0.1, -0.05) is 43.7 Å². The predicted molar refractivity (Wildman–Crippen MR) is 84.5 cm³/mol. The maximum atomic E-state index is 6.00. The Labute approximate surface area is 121 Å². The zero-order valence-corrected chi connectivity index (χ0v) is 12.5. The van der Waals surface area contributed by atoms with Crippen molar-refractivity contribution < 1.29 is 4.74 Å². The van der Waals surface area contributed by atoms with Gasteiger partial charge in [-0.15, -0.1) is 0 Å². The first kappa shape index (κ1) is 14.6. The summed E-state index contributed by atoms with van der Waals surface area (Å²) in [6.07, 6.45) is 0.834. The van der Waals surface area contributed by atoms with Gasteiger partial charge in [-0.25, -0.2) is 0 Å². The van der Waals surface area contributed by atoms with E-state index in [1.54, 1.807) is 0 Å². The highest BCUT2D eigenvalue weighted by Crippen LogP contribution is 2.27. The highest BCUT2D eigenvalue weighted by atomic mass is 16.5. The van der Waals surface area contributed by atoms with E-state index in [0.717, 1.165) is 17.9 Å². The first-order valence-electron chi connectivity index (χ1n) is 7.17. The normalized spacial score (nSPS) is 10.8. The minimum Gasteiger partial charge on any atom is -0.457 e. The van der Waals surface area contributed by atoms with E-state index in [-0.39, 0.29) is 0 Å². The van der Waals surface area contributed by atoms with Gasteiger partial charge in [0.2, 0.25) is 0 Å².